The summed E-state index contributed by atoms with van der Waals surface area (Å²) in [4.78, 5) is 12.4. The summed E-state index contributed by atoms with van der Waals surface area (Å²) in [6.07, 6.45) is 2.62. The molecule has 0 saturated carbocycles. The number of nitrogens with zero attached hydrogens (tertiary/aromatic N) is 2. The third-order valence-corrected chi connectivity index (χ3v) is 3.14. The van der Waals surface area contributed by atoms with Gasteiger partial charge in [0.15, 0.2) is 0 Å². The summed E-state index contributed by atoms with van der Waals surface area (Å²) < 4.78 is 5.58. The van der Waals surface area contributed by atoms with Gasteiger partial charge >= 0.3 is 0 Å². The van der Waals surface area contributed by atoms with Gasteiger partial charge in [0.1, 0.15) is 0 Å². The lowest BCUT2D eigenvalue weighted by Gasteiger charge is -2.20. The maximum atomic E-state index is 10.5. The SMILES string of the molecule is CN(Cc1ccc([N+](=O)[O-])cc1)C[C@H]1CCCO1. The Labute approximate surface area is 107 Å². The second kappa shape index (κ2) is 5.93. The van der Waals surface area contributed by atoms with Gasteiger partial charge in [0.2, 0.25) is 0 Å². The van der Waals surface area contributed by atoms with E-state index in [1.54, 1.807) is 12.1 Å². The molecule has 1 atom stereocenters. The van der Waals surface area contributed by atoms with Crippen molar-refractivity contribution in [1.82, 2.24) is 4.90 Å². The number of nitro groups is 1. The fourth-order valence-electron chi connectivity index (χ4n) is 2.24. The lowest BCUT2D eigenvalue weighted by molar-refractivity contribution is -0.384. The largest absolute Gasteiger partial charge is 0.377 e. The number of hydrogen-bond donors (Lipinski definition) is 0. The molecule has 1 aliphatic rings. The zero-order valence-electron chi connectivity index (χ0n) is 10.5. The molecule has 1 heterocycles. The summed E-state index contributed by atoms with van der Waals surface area (Å²) in [5.41, 5.74) is 1.22. The molecule has 0 radical (unpaired) electrons. The molecule has 0 aliphatic carbocycles. The van der Waals surface area contributed by atoms with Gasteiger partial charge in [-0.15, -0.1) is 0 Å². The second-order valence-corrected chi connectivity index (χ2v) is 4.76. The summed E-state index contributed by atoms with van der Waals surface area (Å²) in [6, 6.07) is 6.72. The van der Waals surface area contributed by atoms with E-state index in [9.17, 15) is 10.1 Å². The van der Waals surface area contributed by atoms with E-state index in [0.29, 0.717) is 6.10 Å². The van der Waals surface area contributed by atoms with Crippen LogP contribution in [0.3, 0.4) is 0 Å². The van der Waals surface area contributed by atoms with Crippen molar-refractivity contribution in [2.45, 2.75) is 25.5 Å². The van der Waals surface area contributed by atoms with E-state index in [1.807, 2.05) is 19.2 Å². The minimum atomic E-state index is -0.375. The van der Waals surface area contributed by atoms with Gasteiger partial charge in [-0.05, 0) is 25.5 Å². The van der Waals surface area contributed by atoms with Crippen LogP contribution in [0.15, 0.2) is 24.3 Å². The molecule has 5 nitrogen and oxygen atoms in total. The summed E-state index contributed by atoms with van der Waals surface area (Å²) in [5.74, 6) is 0. The molecule has 5 heteroatoms. The summed E-state index contributed by atoms with van der Waals surface area (Å²) in [7, 11) is 2.04. The highest BCUT2D eigenvalue weighted by Gasteiger charge is 2.17. The topological polar surface area (TPSA) is 55.6 Å². The number of hydrogen-bond acceptors (Lipinski definition) is 4. The van der Waals surface area contributed by atoms with Crippen LogP contribution < -0.4 is 0 Å². The van der Waals surface area contributed by atoms with Crippen LogP contribution in [-0.4, -0.2) is 36.1 Å². The summed E-state index contributed by atoms with van der Waals surface area (Å²) >= 11 is 0. The standard InChI is InChI=1S/C13H18N2O3/c1-14(10-13-3-2-8-18-13)9-11-4-6-12(7-5-11)15(16)17/h4-7,13H,2-3,8-10H2,1H3/t13-/m1/s1. The van der Waals surface area contributed by atoms with Crippen LogP contribution in [0.25, 0.3) is 0 Å². The number of ether oxygens (including phenoxy) is 1. The highest BCUT2D eigenvalue weighted by atomic mass is 16.6. The van der Waals surface area contributed by atoms with Gasteiger partial charge in [0.05, 0.1) is 11.0 Å². The molecule has 1 aromatic rings. The Bertz CT molecular complexity index is 399. The van der Waals surface area contributed by atoms with Crippen molar-refractivity contribution in [1.29, 1.82) is 0 Å². The highest BCUT2D eigenvalue weighted by Crippen LogP contribution is 2.16. The number of benzene rings is 1. The van der Waals surface area contributed by atoms with Gasteiger partial charge in [0, 0.05) is 31.8 Å². The monoisotopic (exact) mass is 250 g/mol. The maximum Gasteiger partial charge on any atom is 0.269 e. The minimum absolute atomic E-state index is 0.139. The second-order valence-electron chi connectivity index (χ2n) is 4.76. The van der Waals surface area contributed by atoms with Gasteiger partial charge < -0.3 is 4.74 Å². The molecule has 0 spiro atoms. The van der Waals surface area contributed by atoms with E-state index < -0.39 is 0 Å². The molecule has 1 aromatic carbocycles. The quantitative estimate of drug-likeness (QED) is 0.594. The van der Waals surface area contributed by atoms with E-state index >= 15 is 0 Å². The van der Waals surface area contributed by atoms with Gasteiger partial charge in [-0.25, -0.2) is 0 Å². The van der Waals surface area contributed by atoms with Crippen molar-refractivity contribution in [3.63, 3.8) is 0 Å². The number of non-ortho nitro benzene ring substituents is 1. The number of likely N-dealkylation sites (N-methyl/N-ethyl adjacent to an activating group) is 1. The molecular weight excluding hydrogens is 232 g/mol. The van der Waals surface area contributed by atoms with E-state index in [0.717, 1.165) is 38.1 Å². The van der Waals surface area contributed by atoms with Crippen molar-refractivity contribution < 1.29 is 9.66 Å². The summed E-state index contributed by atoms with van der Waals surface area (Å²) in [5, 5.41) is 10.5. The molecule has 98 valence electrons. The first-order chi connectivity index (χ1) is 8.65. The van der Waals surface area contributed by atoms with Crippen LogP contribution in [0.4, 0.5) is 5.69 Å². The Morgan fingerprint density at radius 2 is 2.17 bits per heavy atom. The molecule has 1 aliphatic heterocycles. The Morgan fingerprint density at radius 1 is 1.44 bits per heavy atom. The third kappa shape index (κ3) is 3.51. The molecule has 0 unspecified atom stereocenters. The molecule has 0 N–H and O–H groups in total. The Morgan fingerprint density at radius 3 is 2.72 bits per heavy atom. The van der Waals surface area contributed by atoms with Gasteiger partial charge in [0.25, 0.3) is 5.69 Å². The van der Waals surface area contributed by atoms with Crippen molar-refractivity contribution in [3.8, 4) is 0 Å². The van der Waals surface area contributed by atoms with Crippen molar-refractivity contribution in [2.24, 2.45) is 0 Å². The fourth-order valence-corrected chi connectivity index (χ4v) is 2.24. The molecule has 0 bridgehead atoms. The Kier molecular flexibility index (Phi) is 4.28. The van der Waals surface area contributed by atoms with Crippen LogP contribution in [0.5, 0.6) is 0 Å². The first-order valence-electron chi connectivity index (χ1n) is 6.18. The first kappa shape index (κ1) is 13.0. The molecular formula is C13H18N2O3. The lowest BCUT2D eigenvalue weighted by Crippen LogP contribution is -2.28. The maximum absolute atomic E-state index is 10.5. The van der Waals surface area contributed by atoms with Crippen molar-refractivity contribution >= 4 is 5.69 Å². The van der Waals surface area contributed by atoms with Crippen LogP contribution in [0.2, 0.25) is 0 Å². The highest BCUT2D eigenvalue weighted by molar-refractivity contribution is 5.32. The molecule has 18 heavy (non-hydrogen) atoms. The Balaban J connectivity index is 1.86. The average molecular weight is 250 g/mol. The average Bonchev–Trinajstić information content (AvgIpc) is 2.82. The molecule has 0 aromatic heterocycles. The summed E-state index contributed by atoms with van der Waals surface area (Å²) in [6.45, 7) is 2.57. The minimum Gasteiger partial charge on any atom is -0.377 e. The molecule has 1 saturated heterocycles. The Hall–Kier alpha value is -1.46. The first-order valence-corrected chi connectivity index (χ1v) is 6.18. The van der Waals surface area contributed by atoms with Crippen LogP contribution in [0, 0.1) is 10.1 Å². The van der Waals surface area contributed by atoms with E-state index in [1.165, 1.54) is 0 Å². The van der Waals surface area contributed by atoms with Crippen molar-refractivity contribution in [3.05, 3.63) is 39.9 Å². The van der Waals surface area contributed by atoms with Crippen LogP contribution in [0.1, 0.15) is 18.4 Å². The molecule has 1 fully saturated rings. The molecule has 0 amide bonds. The van der Waals surface area contributed by atoms with E-state index in [4.69, 9.17) is 4.74 Å². The van der Waals surface area contributed by atoms with Crippen LogP contribution >= 0.6 is 0 Å². The number of nitro benzene ring substituents is 1. The zero-order chi connectivity index (χ0) is 13.0. The predicted molar refractivity (Wildman–Crippen MR) is 68.4 cm³/mol. The predicted octanol–water partition coefficient (Wildman–Crippen LogP) is 2.21. The van der Waals surface area contributed by atoms with E-state index in [-0.39, 0.29) is 10.6 Å². The normalized spacial score (nSPS) is 19.3. The zero-order valence-corrected chi connectivity index (χ0v) is 10.5. The third-order valence-electron chi connectivity index (χ3n) is 3.14. The van der Waals surface area contributed by atoms with E-state index in [2.05, 4.69) is 4.90 Å². The fraction of sp³-hybridized carbons (Fsp3) is 0.538. The lowest BCUT2D eigenvalue weighted by atomic mass is 10.2. The smallest absolute Gasteiger partial charge is 0.269 e. The van der Waals surface area contributed by atoms with Gasteiger partial charge in [-0.3, -0.25) is 15.0 Å². The number of rotatable bonds is 5. The van der Waals surface area contributed by atoms with Crippen molar-refractivity contribution in [2.75, 3.05) is 20.2 Å². The van der Waals surface area contributed by atoms with Gasteiger partial charge in [-0.1, -0.05) is 12.1 Å². The van der Waals surface area contributed by atoms with Crippen LogP contribution in [-0.2, 0) is 11.3 Å². The van der Waals surface area contributed by atoms with Gasteiger partial charge in [-0.2, -0.15) is 0 Å². The molecule has 2 rings (SSSR count).